The molecule has 3 rings (SSSR count). The van der Waals surface area contributed by atoms with Crippen molar-refractivity contribution in [1.82, 2.24) is 15.3 Å². The van der Waals surface area contributed by atoms with E-state index in [2.05, 4.69) is 20.2 Å². The molecule has 2 aliphatic rings. The van der Waals surface area contributed by atoms with Gasteiger partial charge in [-0.25, -0.2) is 9.97 Å². The Bertz CT molecular complexity index is 409. The Balaban J connectivity index is 1.72. The highest BCUT2D eigenvalue weighted by Gasteiger charge is 2.28. The lowest BCUT2D eigenvalue weighted by Crippen LogP contribution is -2.57. The Labute approximate surface area is 101 Å². The Morgan fingerprint density at radius 3 is 2.82 bits per heavy atom. The van der Waals surface area contributed by atoms with Crippen molar-refractivity contribution in [3.8, 4) is 0 Å². The number of likely N-dealkylation sites (N-methyl/N-ethyl adjacent to an activating group) is 1. The Hall–Kier alpha value is -1.36. The number of rotatable bonds is 4. The molecule has 1 aromatic heterocycles. The fraction of sp³-hybridized carbons (Fsp3) is 0.667. The molecule has 0 amide bonds. The van der Waals surface area contributed by atoms with Crippen molar-refractivity contribution in [3.05, 3.63) is 11.9 Å². The van der Waals surface area contributed by atoms with Crippen molar-refractivity contribution in [2.24, 2.45) is 5.92 Å². The maximum Gasteiger partial charge on any atom is 0.134 e. The van der Waals surface area contributed by atoms with Gasteiger partial charge in [0.1, 0.15) is 17.5 Å². The second-order valence-corrected chi connectivity index (χ2v) is 5.11. The summed E-state index contributed by atoms with van der Waals surface area (Å²) in [6.07, 6.45) is 3.62. The second-order valence-electron chi connectivity index (χ2n) is 5.11. The number of nitrogen functional groups attached to an aromatic ring is 1. The first-order chi connectivity index (χ1) is 8.24. The molecule has 5 heteroatoms. The lowest BCUT2D eigenvalue weighted by atomic mass is 10.1. The van der Waals surface area contributed by atoms with Gasteiger partial charge in [0.2, 0.25) is 0 Å². The summed E-state index contributed by atoms with van der Waals surface area (Å²) in [5.41, 5.74) is 5.85. The number of anilines is 2. The summed E-state index contributed by atoms with van der Waals surface area (Å²) in [5.74, 6) is 3.29. The first kappa shape index (κ1) is 10.8. The summed E-state index contributed by atoms with van der Waals surface area (Å²) in [6.45, 7) is 2.02. The lowest BCUT2D eigenvalue weighted by Gasteiger charge is -2.40. The molecule has 0 atom stereocenters. The molecule has 2 fully saturated rings. The third-order valence-corrected chi connectivity index (χ3v) is 3.56. The van der Waals surface area contributed by atoms with Crippen LogP contribution in [0, 0.1) is 5.92 Å². The summed E-state index contributed by atoms with van der Waals surface area (Å²) < 4.78 is 0. The third kappa shape index (κ3) is 2.34. The summed E-state index contributed by atoms with van der Waals surface area (Å²) in [7, 11) is 1.99. The van der Waals surface area contributed by atoms with Crippen LogP contribution in [0.25, 0.3) is 0 Å². The van der Waals surface area contributed by atoms with Gasteiger partial charge in [-0.1, -0.05) is 0 Å². The monoisotopic (exact) mass is 233 g/mol. The van der Waals surface area contributed by atoms with Crippen LogP contribution in [-0.4, -0.2) is 36.1 Å². The van der Waals surface area contributed by atoms with Crippen LogP contribution in [0.4, 0.5) is 11.6 Å². The van der Waals surface area contributed by atoms with Crippen LogP contribution in [0.2, 0.25) is 0 Å². The van der Waals surface area contributed by atoms with Crippen LogP contribution in [0.3, 0.4) is 0 Å². The highest BCUT2D eigenvalue weighted by atomic mass is 15.3. The van der Waals surface area contributed by atoms with Crippen LogP contribution < -0.4 is 16.0 Å². The summed E-state index contributed by atoms with van der Waals surface area (Å²) in [5, 5.41) is 3.26. The van der Waals surface area contributed by atoms with Gasteiger partial charge in [0.05, 0.1) is 0 Å². The molecule has 3 N–H and O–H groups in total. The minimum absolute atomic E-state index is 0.582. The number of nitrogens with one attached hydrogen (secondary N) is 1. The summed E-state index contributed by atoms with van der Waals surface area (Å²) in [6, 6.07) is 2.46. The van der Waals surface area contributed by atoms with E-state index >= 15 is 0 Å². The predicted octanol–water partition coefficient (Wildman–Crippen LogP) is 0.419. The van der Waals surface area contributed by atoms with Crippen molar-refractivity contribution in [1.29, 1.82) is 0 Å². The van der Waals surface area contributed by atoms with E-state index in [-0.39, 0.29) is 0 Å². The topological polar surface area (TPSA) is 67.1 Å². The van der Waals surface area contributed by atoms with E-state index in [0.29, 0.717) is 11.9 Å². The van der Waals surface area contributed by atoms with Gasteiger partial charge in [0.25, 0.3) is 0 Å². The predicted molar refractivity (Wildman–Crippen MR) is 67.9 cm³/mol. The smallest absolute Gasteiger partial charge is 0.134 e. The molecule has 1 aromatic rings. The van der Waals surface area contributed by atoms with Crippen LogP contribution in [0.15, 0.2) is 6.07 Å². The molecular weight excluding hydrogens is 214 g/mol. The highest BCUT2D eigenvalue weighted by molar-refractivity contribution is 5.49. The second kappa shape index (κ2) is 4.14. The SMILES string of the molecule is CNC1CN(c2cc(N)nc(CC3CC3)n2)C1. The van der Waals surface area contributed by atoms with E-state index in [1.54, 1.807) is 0 Å². The van der Waals surface area contributed by atoms with Crippen LogP contribution in [0.5, 0.6) is 0 Å². The van der Waals surface area contributed by atoms with Crippen molar-refractivity contribution in [2.45, 2.75) is 25.3 Å². The van der Waals surface area contributed by atoms with Gasteiger partial charge >= 0.3 is 0 Å². The van der Waals surface area contributed by atoms with Gasteiger partial charge in [-0.3, -0.25) is 0 Å². The maximum atomic E-state index is 5.85. The highest BCUT2D eigenvalue weighted by Crippen LogP contribution is 2.32. The van der Waals surface area contributed by atoms with Gasteiger partial charge in [-0.2, -0.15) is 0 Å². The summed E-state index contributed by atoms with van der Waals surface area (Å²) in [4.78, 5) is 11.2. The molecule has 0 bridgehead atoms. The van der Waals surface area contributed by atoms with Gasteiger partial charge in [0.15, 0.2) is 0 Å². The molecule has 1 saturated carbocycles. The van der Waals surface area contributed by atoms with E-state index in [4.69, 9.17) is 5.73 Å². The molecule has 0 spiro atoms. The van der Waals surface area contributed by atoms with Crippen molar-refractivity contribution < 1.29 is 0 Å². The van der Waals surface area contributed by atoms with Crippen LogP contribution >= 0.6 is 0 Å². The van der Waals surface area contributed by atoms with Crippen molar-refractivity contribution in [3.63, 3.8) is 0 Å². The molecule has 5 nitrogen and oxygen atoms in total. The average Bonchev–Trinajstić information content (AvgIpc) is 2.99. The molecule has 17 heavy (non-hydrogen) atoms. The maximum absolute atomic E-state index is 5.85. The fourth-order valence-electron chi connectivity index (χ4n) is 2.18. The fourth-order valence-corrected chi connectivity index (χ4v) is 2.18. The minimum atomic E-state index is 0.582. The molecule has 1 saturated heterocycles. The van der Waals surface area contributed by atoms with Crippen molar-refractivity contribution >= 4 is 11.6 Å². The normalized spacial score (nSPS) is 20.4. The molecule has 1 aliphatic heterocycles. The number of aromatic nitrogens is 2. The number of nitrogens with two attached hydrogens (primary N) is 1. The van der Waals surface area contributed by atoms with E-state index in [1.807, 2.05) is 13.1 Å². The van der Waals surface area contributed by atoms with Gasteiger partial charge in [-0.15, -0.1) is 0 Å². The van der Waals surface area contributed by atoms with E-state index < -0.39 is 0 Å². The number of hydrogen-bond acceptors (Lipinski definition) is 5. The van der Waals surface area contributed by atoms with Gasteiger partial charge in [-0.05, 0) is 25.8 Å². The van der Waals surface area contributed by atoms with E-state index in [9.17, 15) is 0 Å². The average molecular weight is 233 g/mol. The quantitative estimate of drug-likeness (QED) is 0.789. The molecule has 0 radical (unpaired) electrons. The van der Waals surface area contributed by atoms with Gasteiger partial charge < -0.3 is 16.0 Å². The number of nitrogens with zero attached hydrogens (tertiary/aromatic N) is 3. The molecule has 0 aromatic carbocycles. The Morgan fingerprint density at radius 1 is 1.41 bits per heavy atom. The molecule has 92 valence electrons. The number of hydrogen-bond donors (Lipinski definition) is 2. The summed E-state index contributed by atoms with van der Waals surface area (Å²) >= 11 is 0. The molecule has 0 unspecified atom stereocenters. The first-order valence-electron chi connectivity index (χ1n) is 6.30. The van der Waals surface area contributed by atoms with Gasteiger partial charge in [0, 0.05) is 31.6 Å². The lowest BCUT2D eigenvalue weighted by molar-refractivity contribution is 0.446. The molecule has 1 aliphatic carbocycles. The minimum Gasteiger partial charge on any atom is -0.384 e. The zero-order valence-corrected chi connectivity index (χ0v) is 10.2. The van der Waals surface area contributed by atoms with E-state index in [0.717, 1.165) is 37.1 Å². The third-order valence-electron chi connectivity index (χ3n) is 3.56. The first-order valence-corrected chi connectivity index (χ1v) is 6.30. The molecule has 2 heterocycles. The largest absolute Gasteiger partial charge is 0.384 e. The van der Waals surface area contributed by atoms with Crippen LogP contribution in [-0.2, 0) is 6.42 Å². The van der Waals surface area contributed by atoms with E-state index in [1.165, 1.54) is 12.8 Å². The Morgan fingerprint density at radius 2 is 2.18 bits per heavy atom. The van der Waals surface area contributed by atoms with Crippen molar-refractivity contribution in [2.75, 3.05) is 30.8 Å². The zero-order valence-electron chi connectivity index (χ0n) is 10.2. The Kier molecular flexibility index (Phi) is 2.63. The van der Waals surface area contributed by atoms with Crippen LogP contribution in [0.1, 0.15) is 18.7 Å². The standard InChI is InChI=1S/C12H19N5/c1-14-9-6-17(7-9)12-5-10(13)15-11(16-12)4-8-2-3-8/h5,8-9,14H,2-4,6-7H2,1H3,(H2,13,15,16). The molecular formula is C12H19N5. The zero-order chi connectivity index (χ0) is 11.8.